The van der Waals surface area contributed by atoms with Crippen molar-refractivity contribution in [3.8, 4) is 11.8 Å². The van der Waals surface area contributed by atoms with Crippen LogP contribution in [0.4, 0.5) is 0 Å². The van der Waals surface area contributed by atoms with Crippen LogP contribution in [0, 0.1) is 11.8 Å². The second kappa shape index (κ2) is 4.32. The Balaban J connectivity index is 3.08. The molecule has 13 heavy (non-hydrogen) atoms. The fourth-order valence-corrected chi connectivity index (χ4v) is 1.12. The third-order valence-corrected chi connectivity index (χ3v) is 2.16. The van der Waals surface area contributed by atoms with Gasteiger partial charge in [0.15, 0.2) is 0 Å². The summed E-state index contributed by atoms with van der Waals surface area (Å²) in [6, 6.07) is 4.69. The van der Waals surface area contributed by atoms with Crippen LogP contribution >= 0.6 is 23.2 Å². The smallest absolute Gasteiger partial charge is 0.235 e. The first-order valence-corrected chi connectivity index (χ1v) is 4.33. The Kier molecular flexibility index (Phi) is 3.36. The Hall–Kier alpha value is -0.970. The molecule has 0 saturated heterocycles. The lowest BCUT2D eigenvalue weighted by atomic mass is 10.1. The van der Waals surface area contributed by atoms with Crippen molar-refractivity contribution in [3.05, 3.63) is 33.8 Å². The fraction of sp³-hybridized carbons (Fsp3) is 0.100. The highest BCUT2D eigenvalue weighted by atomic mass is 35.5. The van der Waals surface area contributed by atoms with E-state index in [1.165, 1.54) is 6.07 Å². The molecule has 0 aliphatic rings. The normalized spacial score (nSPS) is 8.85. The van der Waals surface area contributed by atoms with Gasteiger partial charge in [0, 0.05) is 5.56 Å². The summed E-state index contributed by atoms with van der Waals surface area (Å²) in [6.45, 7) is 1.61. The molecule has 0 aromatic heterocycles. The van der Waals surface area contributed by atoms with Crippen molar-refractivity contribution < 1.29 is 4.79 Å². The van der Waals surface area contributed by atoms with Gasteiger partial charge in [-0.2, -0.15) is 0 Å². The maximum absolute atomic E-state index is 11.2. The molecule has 0 aliphatic heterocycles. The summed E-state index contributed by atoms with van der Waals surface area (Å²) in [5.74, 6) is 4.69. The lowest BCUT2D eigenvalue weighted by Crippen LogP contribution is -1.94. The summed E-state index contributed by atoms with van der Waals surface area (Å²) < 4.78 is 0. The van der Waals surface area contributed by atoms with E-state index < -0.39 is 0 Å². The van der Waals surface area contributed by atoms with Crippen LogP contribution in [0.3, 0.4) is 0 Å². The average Bonchev–Trinajstić information content (AvgIpc) is 2.10. The number of benzene rings is 1. The van der Waals surface area contributed by atoms with Crippen molar-refractivity contribution in [1.82, 2.24) is 0 Å². The standard InChI is InChI=1S/C10H6Cl2O/c1-2-3-10(13)7-4-5-8(11)9(12)6-7/h4-6H,1H3. The molecule has 0 bridgehead atoms. The lowest BCUT2D eigenvalue weighted by Gasteiger charge is -1.96. The van der Waals surface area contributed by atoms with Crippen LogP contribution in [0.5, 0.6) is 0 Å². The summed E-state index contributed by atoms with van der Waals surface area (Å²) in [5, 5.41) is 0.799. The van der Waals surface area contributed by atoms with Crippen LogP contribution in [0.2, 0.25) is 10.0 Å². The molecule has 0 saturated carbocycles. The molecule has 1 nitrogen and oxygen atoms in total. The Bertz CT molecular complexity index is 399. The van der Waals surface area contributed by atoms with Crippen LogP contribution in [0.25, 0.3) is 0 Å². The summed E-state index contributed by atoms with van der Waals surface area (Å²) in [7, 11) is 0. The van der Waals surface area contributed by atoms with Gasteiger partial charge in [0.2, 0.25) is 5.78 Å². The van der Waals surface area contributed by atoms with E-state index >= 15 is 0 Å². The van der Waals surface area contributed by atoms with Crippen molar-refractivity contribution in [3.63, 3.8) is 0 Å². The number of carbonyl (C=O) groups is 1. The summed E-state index contributed by atoms with van der Waals surface area (Å²) >= 11 is 11.4. The van der Waals surface area contributed by atoms with Crippen LogP contribution in [0.15, 0.2) is 18.2 Å². The van der Waals surface area contributed by atoms with Crippen molar-refractivity contribution in [2.24, 2.45) is 0 Å². The third-order valence-electron chi connectivity index (χ3n) is 1.42. The van der Waals surface area contributed by atoms with Crippen LogP contribution in [0.1, 0.15) is 17.3 Å². The first kappa shape index (κ1) is 10.1. The number of carbonyl (C=O) groups excluding carboxylic acids is 1. The number of hydrogen-bond acceptors (Lipinski definition) is 1. The molecule has 3 heteroatoms. The highest BCUT2D eigenvalue weighted by molar-refractivity contribution is 6.42. The molecule has 0 heterocycles. The Labute approximate surface area is 86.7 Å². The summed E-state index contributed by atoms with van der Waals surface area (Å²) in [5.41, 5.74) is 0.462. The zero-order valence-corrected chi connectivity index (χ0v) is 8.41. The minimum atomic E-state index is -0.249. The minimum absolute atomic E-state index is 0.249. The molecule has 1 aromatic rings. The first-order valence-electron chi connectivity index (χ1n) is 3.57. The SMILES string of the molecule is CC#CC(=O)c1ccc(Cl)c(Cl)c1. The molecule has 1 rings (SSSR count). The van der Waals surface area contributed by atoms with E-state index in [0.717, 1.165) is 0 Å². The highest BCUT2D eigenvalue weighted by Crippen LogP contribution is 2.22. The van der Waals surface area contributed by atoms with E-state index in [2.05, 4.69) is 11.8 Å². The van der Waals surface area contributed by atoms with E-state index in [9.17, 15) is 4.79 Å². The molecule has 0 unspecified atom stereocenters. The van der Waals surface area contributed by atoms with Gasteiger partial charge in [-0.3, -0.25) is 4.79 Å². The van der Waals surface area contributed by atoms with Crippen molar-refractivity contribution in [1.29, 1.82) is 0 Å². The Morgan fingerprint density at radius 1 is 1.31 bits per heavy atom. The zero-order chi connectivity index (χ0) is 9.84. The zero-order valence-electron chi connectivity index (χ0n) is 6.90. The maximum Gasteiger partial charge on any atom is 0.235 e. The van der Waals surface area contributed by atoms with Crippen LogP contribution in [-0.2, 0) is 0 Å². The molecule has 0 fully saturated rings. The molecule has 0 atom stereocenters. The summed E-state index contributed by atoms with van der Waals surface area (Å²) in [4.78, 5) is 11.2. The van der Waals surface area contributed by atoms with Gasteiger partial charge < -0.3 is 0 Å². The van der Waals surface area contributed by atoms with E-state index in [0.29, 0.717) is 15.6 Å². The van der Waals surface area contributed by atoms with Gasteiger partial charge in [-0.15, -0.1) is 0 Å². The van der Waals surface area contributed by atoms with Crippen LogP contribution in [-0.4, -0.2) is 5.78 Å². The number of hydrogen-bond donors (Lipinski definition) is 0. The Morgan fingerprint density at radius 3 is 2.54 bits per heavy atom. The number of Topliss-reactive ketones (excluding diaryl/α,β-unsaturated/α-hetero) is 1. The largest absolute Gasteiger partial charge is 0.279 e. The number of rotatable bonds is 1. The second-order valence-corrected chi connectivity index (χ2v) is 3.15. The van der Waals surface area contributed by atoms with Gasteiger partial charge in [0.05, 0.1) is 10.0 Å². The van der Waals surface area contributed by atoms with Crippen molar-refractivity contribution >= 4 is 29.0 Å². The van der Waals surface area contributed by atoms with Crippen molar-refractivity contribution in [2.75, 3.05) is 0 Å². The number of halogens is 2. The molecular formula is C10H6Cl2O. The monoisotopic (exact) mass is 212 g/mol. The molecular weight excluding hydrogens is 207 g/mol. The molecule has 0 spiro atoms. The second-order valence-electron chi connectivity index (χ2n) is 2.33. The van der Waals surface area contributed by atoms with E-state index in [1.54, 1.807) is 19.1 Å². The summed E-state index contributed by atoms with van der Waals surface area (Å²) in [6.07, 6.45) is 0. The quantitative estimate of drug-likeness (QED) is 0.397. The van der Waals surface area contributed by atoms with Gasteiger partial charge in [-0.1, -0.05) is 29.1 Å². The molecule has 0 aliphatic carbocycles. The van der Waals surface area contributed by atoms with Gasteiger partial charge in [0.25, 0.3) is 0 Å². The lowest BCUT2D eigenvalue weighted by molar-refractivity contribution is 0.105. The third kappa shape index (κ3) is 2.48. The first-order chi connectivity index (χ1) is 6.15. The molecule has 0 amide bonds. The van der Waals surface area contributed by atoms with E-state index in [1.807, 2.05) is 0 Å². The van der Waals surface area contributed by atoms with Gasteiger partial charge in [-0.25, -0.2) is 0 Å². The predicted molar refractivity (Wildman–Crippen MR) is 54.2 cm³/mol. The fourth-order valence-electron chi connectivity index (χ4n) is 0.823. The van der Waals surface area contributed by atoms with Crippen molar-refractivity contribution in [2.45, 2.75) is 6.92 Å². The molecule has 0 radical (unpaired) electrons. The van der Waals surface area contributed by atoms with Gasteiger partial charge >= 0.3 is 0 Å². The Morgan fingerprint density at radius 2 is 2.00 bits per heavy atom. The topological polar surface area (TPSA) is 17.1 Å². The van der Waals surface area contributed by atoms with Gasteiger partial charge in [-0.05, 0) is 31.0 Å². The average molecular weight is 213 g/mol. The molecule has 0 N–H and O–H groups in total. The predicted octanol–water partition coefficient (Wildman–Crippen LogP) is 3.20. The minimum Gasteiger partial charge on any atom is -0.279 e. The number of ketones is 1. The van der Waals surface area contributed by atoms with E-state index in [4.69, 9.17) is 23.2 Å². The van der Waals surface area contributed by atoms with Crippen LogP contribution < -0.4 is 0 Å². The maximum atomic E-state index is 11.2. The highest BCUT2D eigenvalue weighted by Gasteiger charge is 2.04. The van der Waals surface area contributed by atoms with E-state index in [-0.39, 0.29) is 5.78 Å². The molecule has 1 aromatic carbocycles. The van der Waals surface area contributed by atoms with Gasteiger partial charge in [0.1, 0.15) is 0 Å². The molecule has 66 valence electrons.